The van der Waals surface area contributed by atoms with Crippen molar-refractivity contribution in [2.45, 2.75) is 37.9 Å². The molecule has 2 aromatic rings. The molecule has 6 heteroatoms. The molecule has 164 valence electrons. The van der Waals surface area contributed by atoms with E-state index in [-0.39, 0.29) is 11.7 Å². The van der Waals surface area contributed by atoms with Gasteiger partial charge in [-0.2, -0.15) is 0 Å². The summed E-state index contributed by atoms with van der Waals surface area (Å²) in [6, 6.07) is 15.5. The molecule has 1 aliphatic rings. The minimum atomic E-state index is -1.33. The summed E-state index contributed by atoms with van der Waals surface area (Å²) in [7, 11) is 1.87. The topological polar surface area (TPSA) is 64.6 Å². The van der Waals surface area contributed by atoms with Gasteiger partial charge in [0, 0.05) is 23.8 Å². The molecule has 0 saturated carbocycles. The van der Waals surface area contributed by atoms with Gasteiger partial charge in [-0.25, -0.2) is 4.21 Å². The van der Waals surface area contributed by atoms with Crippen LogP contribution < -0.4 is 14.2 Å². The average Bonchev–Trinajstić information content (AvgIpc) is 2.77. The molecule has 0 saturated heterocycles. The number of rotatable bonds is 6. The van der Waals surface area contributed by atoms with Gasteiger partial charge in [-0.15, -0.1) is 0 Å². The molecule has 3 rings (SSSR count). The molecule has 0 heterocycles. The van der Waals surface area contributed by atoms with Gasteiger partial charge >= 0.3 is 0 Å². The molecule has 0 radical (unpaired) electrons. The van der Waals surface area contributed by atoms with Crippen LogP contribution in [-0.2, 0) is 15.8 Å². The Morgan fingerprint density at radius 3 is 2.19 bits per heavy atom. The number of allylic oxidation sites excluding steroid dienone is 3. The standard InChI is InChI=1S/C25H29NO4S/c1-25(2,3)31(28)26-16-23-22(19-11-20(29-4)15-21(12-19)30-5)13-18(14-24(23)27)17-9-7-6-8-10-17/h6-12,14-16,22,26H,13H2,1-5H3/b23-16-/t22-,31?/m1/s1. The van der Waals surface area contributed by atoms with Crippen LogP contribution in [0.3, 0.4) is 0 Å². The predicted octanol–water partition coefficient (Wildman–Crippen LogP) is 4.78. The van der Waals surface area contributed by atoms with E-state index in [2.05, 4.69) is 4.72 Å². The summed E-state index contributed by atoms with van der Waals surface area (Å²) in [5, 5.41) is 0. The fourth-order valence-corrected chi connectivity index (χ4v) is 4.04. The smallest absolute Gasteiger partial charge is 0.184 e. The number of ether oxygens (including phenoxy) is 2. The van der Waals surface area contributed by atoms with Crippen LogP contribution in [0.25, 0.3) is 5.57 Å². The fraction of sp³-hybridized carbons (Fsp3) is 0.320. The Hall–Kier alpha value is -2.86. The van der Waals surface area contributed by atoms with Crippen molar-refractivity contribution >= 4 is 22.3 Å². The third-order valence-electron chi connectivity index (χ3n) is 5.19. The molecule has 1 unspecified atom stereocenters. The number of nitrogens with one attached hydrogen (secondary N) is 1. The third kappa shape index (κ3) is 5.44. The maximum absolute atomic E-state index is 13.2. The van der Waals surface area contributed by atoms with E-state index in [1.165, 1.54) is 0 Å². The van der Waals surface area contributed by atoms with Gasteiger partial charge in [0.25, 0.3) is 0 Å². The molecule has 0 spiro atoms. The fourth-order valence-electron chi connectivity index (χ4n) is 3.45. The van der Waals surface area contributed by atoms with Crippen molar-refractivity contribution in [3.63, 3.8) is 0 Å². The molecule has 2 aromatic carbocycles. The summed E-state index contributed by atoms with van der Waals surface area (Å²) in [5.74, 6) is 0.975. The lowest BCUT2D eigenvalue weighted by Gasteiger charge is -2.27. The molecule has 2 atom stereocenters. The highest BCUT2D eigenvalue weighted by Crippen LogP contribution is 2.41. The number of carbonyl (C=O) groups is 1. The maximum Gasteiger partial charge on any atom is 0.184 e. The zero-order valence-electron chi connectivity index (χ0n) is 18.6. The van der Waals surface area contributed by atoms with E-state index in [9.17, 15) is 9.00 Å². The van der Waals surface area contributed by atoms with Gasteiger partial charge in [0.1, 0.15) is 22.5 Å². The van der Waals surface area contributed by atoms with E-state index in [1.54, 1.807) is 32.6 Å². The van der Waals surface area contributed by atoms with E-state index in [1.807, 2.05) is 63.2 Å². The second-order valence-electron chi connectivity index (χ2n) is 8.40. The number of methoxy groups -OCH3 is 2. The van der Waals surface area contributed by atoms with Crippen LogP contribution in [0, 0.1) is 0 Å². The molecule has 31 heavy (non-hydrogen) atoms. The molecule has 1 aliphatic carbocycles. The van der Waals surface area contributed by atoms with Gasteiger partial charge in [0.15, 0.2) is 5.78 Å². The molecular weight excluding hydrogens is 410 g/mol. The number of hydrogen-bond donors (Lipinski definition) is 1. The van der Waals surface area contributed by atoms with E-state index >= 15 is 0 Å². The Labute approximate surface area is 186 Å². The highest BCUT2D eigenvalue weighted by molar-refractivity contribution is 7.84. The molecule has 0 bridgehead atoms. The van der Waals surface area contributed by atoms with Crippen molar-refractivity contribution in [3.8, 4) is 11.5 Å². The van der Waals surface area contributed by atoms with Crippen LogP contribution in [-0.4, -0.2) is 29.0 Å². The summed E-state index contributed by atoms with van der Waals surface area (Å²) in [6.45, 7) is 5.65. The van der Waals surface area contributed by atoms with Crippen LogP contribution in [0.1, 0.15) is 44.2 Å². The highest BCUT2D eigenvalue weighted by atomic mass is 32.2. The van der Waals surface area contributed by atoms with E-state index in [0.29, 0.717) is 23.5 Å². The number of ketones is 1. The zero-order valence-corrected chi connectivity index (χ0v) is 19.4. The molecule has 5 nitrogen and oxygen atoms in total. The van der Waals surface area contributed by atoms with E-state index in [4.69, 9.17) is 9.47 Å². The first-order valence-corrected chi connectivity index (χ1v) is 11.3. The van der Waals surface area contributed by atoms with Crippen molar-refractivity contribution in [2.75, 3.05) is 14.2 Å². The monoisotopic (exact) mass is 439 g/mol. The first-order chi connectivity index (χ1) is 14.7. The van der Waals surface area contributed by atoms with Crippen molar-refractivity contribution in [3.05, 3.63) is 77.5 Å². The van der Waals surface area contributed by atoms with Gasteiger partial charge in [0.2, 0.25) is 0 Å². The Bertz CT molecular complexity index is 1010. The van der Waals surface area contributed by atoms with Gasteiger partial charge in [-0.1, -0.05) is 30.3 Å². The summed E-state index contributed by atoms with van der Waals surface area (Å²) in [4.78, 5) is 13.2. The largest absolute Gasteiger partial charge is 0.497 e. The summed E-state index contributed by atoms with van der Waals surface area (Å²) < 4.78 is 25.9. The van der Waals surface area contributed by atoms with Gasteiger partial charge < -0.3 is 14.2 Å². The highest BCUT2D eigenvalue weighted by Gasteiger charge is 2.30. The van der Waals surface area contributed by atoms with E-state index < -0.39 is 15.7 Å². The van der Waals surface area contributed by atoms with Crippen LogP contribution in [0.15, 0.2) is 66.4 Å². The summed E-state index contributed by atoms with van der Waals surface area (Å²) in [6.07, 6.45) is 3.91. The van der Waals surface area contributed by atoms with Crippen LogP contribution in [0.2, 0.25) is 0 Å². The Balaban J connectivity index is 2.07. The lowest BCUT2D eigenvalue weighted by atomic mass is 9.77. The Morgan fingerprint density at radius 1 is 1.03 bits per heavy atom. The van der Waals surface area contributed by atoms with E-state index in [0.717, 1.165) is 16.7 Å². The number of carbonyl (C=O) groups excluding carboxylic acids is 1. The molecular formula is C25H29NO4S. The van der Waals surface area contributed by atoms with Gasteiger partial charge in [-0.3, -0.25) is 4.79 Å². The number of benzene rings is 2. The van der Waals surface area contributed by atoms with Gasteiger partial charge in [-0.05, 0) is 62.1 Å². The predicted molar refractivity (Wildman–Crippen MR) is 125 cm³/mol. The van der Waals surface area contributed by atoms with Crippen LogP contribution >= 0.6 is 0 Å². The number of hydrogen-bond acceptors (Lipinski definition) is 4. The zero-order chi connectivity index (χ0) is 22.6. The first-order valence-electron chi connectivity index (χ1n) is 10.1. The Kier molecular flexibility index (Phi) is 7.01. The summed E-state index contributed by atoms with van der Waals surface area (Å²) >= 11 is 0. The van der Waals surface area contributed by atoms with Gasteiger partial charge in [0.05, 0.1) is 19.0 Å². The molecule has 1 N–H and O–H groups in total. The lowest BCUT2D eigenvalue weighted by Crippen LogP contribution is -2.31. The third-order valence-corrected chi connectivity index (χ3v) is 6.63. The maximum atomic E-state index is 13.2. The minimum Gasteiger partial charge on any atom is -0.497 e. The molecule has 0 fully saturated rings. The average molecular weight is 440 g/mol. The van der Waals surface area contributed by atoms with Crippen LogP contribution in [0.4, 0.5) is 0 Å². The van der Waals surface area contributed by atoms with Crippen LogP contribution in [0.5, 0.6) is 11.5 Å². The van der Waals surface area contributed by atoms with Crippen molar-refractivity contribution in [1.29, 1.82) is 0 Å². The van der Waals surface area contributed by atoms with Crippen molar-refractivity contribution in [2.24, 2.45) is 0 Å². The second kappa shape index (κ2) is 9.52. The second-order valence-corrected chi connectivity index (χ2v) is 10.4. The normalized spacial score (nSPS) is 19.0. The van der Waals surface area contributed by atoms with Crippen molar-refractivity contribution in [1.82, 2.24) is 4.72 Å². The molecule has 0 amide bonds. The quantitative estimate of drug-likeness (QED) is 0.658. The Morgan fingerprint density at radius 2 is 1.65 bits per heavy atom. The molecule has 0 aromatic heterocycles. The lowest BCUT2D eigenvalue weighted by molar-refractivity contribution is -0.111. The SMILES string of the molecule is COc1cc(OC)cc([C@H]2CC(c3ccccc3)=CC(=O)/C2=C\NS(=O)C(C)(C)C)c1. The molecule has 0 aliphatic heterocycles. The van der Waals surface area contributed by atoms with Crippen molar-refractivity contribution < 1.29 is 18.5 Å². The first kappa shape index (κ1) is 22.8. The minimum absolute atomic E-state index is 0.102. The summed E-state index contributed by atoms with van der Waals surface area (Å²) in [5.41, 5.74) is 3.45.